The number of guanidine groups is 1. The summed E-state index contributed by atoms with van der Waals surface area (Å²) < 4.78 is 42.1. The lowest BCUT2D eigenvalue weighted by Gasteiger charge is -2.16. The molecule has 0 spiro atoms. The Bertz CT molecular complexity index is 559. The van der Waals surface area contributed by atoms with Crippen LogP contribution in [0.1, 0.15) is 17.5 Å². The second kappa shape index (κ2) is 10.1. The molecule has 0 bridgehead atoms. The third kappa shape index (κ3) is 9.19. The summed E-state index contributed by atoms with van der Waals surface area (Å²) in [6, 6.07) is 5.20. The number of rotatable bonds is 8. The first-order valence-corrected chi connectivity index (χ1v) is 8.09. The quantitative estimate of drug-likeness (QED) is 0.425. The molecule has 1 aromatic carbocycles. The van der Waals surface area contributed by atoms with Gasteiger partial charge in [-0.2, -0.15) is 13.2 Å². The average Bonchev–Trinajstić information content (AvgIpc) is 2.52. The molecule has 5 nitrogen and oxygen atoms in total. The summed E-state index contributed by atoms with van der Waals surface area (Å²) in [5, 5.41) is 6.27. The minimum absolute atomic E-state index is 0.230. The van der Waals surface area contributed by atoms with Crippen LogP contribution in [0.15, 0.2) is 23.2 Å². The van der Waals surface area contributed by atoms with Crippen LogP contribution >= 0.6 is 0 Å². The lowest BCUT2D eigenvalue weighted by Crippen LogP contribution is -2.38. The maximum Gasteiger partial charge on any atom is 0.422 e. The first kappa shape index (κ1) is 21.1. The molecule has 0 heterocycles. The first-order valence-electron chi connectivity index (χ1n) is 8.09. The first-order chi connectivity index (χ1) is 11.7. The van der Waals surface area contributed by atoms with Crippen LogP contribution in [0.5, 0.6) is 5.75 Å². The van der Waals surface area contributed by atoms with Crippen molar-refractivity contribution in [2.45, 2.75) is 26.1 Å². The zero-order valence-electron chi connectivity index (χ0n) is 15.2. The van der Waals surface area contributed by atoms with E-state index in [1.165, 1.54) is 0 Å². The van der Waals surface area contributed by atoms with Gasteiger partial charge in [-0.25, -0.2) is 0 Å². The van der Waals surface area contributed by atoms with E-state index in [2.05, 4.69) is 20.5 Å². The molecular weight excluding hydrogens is 333 g/mol. The minimum Gasteiger partial charge on any atom is -0.484 e. The fourth-order valence-corrected chi connectivity index (χ4v) is 2.10. The molecule has 0 radical (unpaired) electrons. The number of ether oxygens (including phenoxy) is 1. The fourth-order valence-electron chi connectivity index (χ4n) is 2.10. The predicted molar refractivity (Wildman–Crippen MR) is 94.1 cm³/mol. The van der Waals surface area contributed by atoms with E-state index in [1.54, 1.807) is 19.2 Å². The van der Waals surface area contributed by atoms with Gasteiger partial charge in [0.25, 0.3) is 0 Å². The lowest BCUT2D eigenvalue weighted by atomic mass is 10.1. The molecule has 0 unspecified atom stereocenters. The lowest BCUT2D eigenvalue weighted by molar-refractivity contribution is -0.153. The van der Waals surface area contributed by atoms with E-state index in [0.717, 1.165) is 25.1 Å². The van der Waals surface area contributed by atoms with E-state index in [9.17, 15) is 13.2 Å². The van der Waals surface area contributed by atoms with Crippen molar-refractivity contribution in [2.75, 3.05) is 40.8 Å². The number of halogens is 3. The van der Waals surface area contributed by atoms with Gasteiger partial charge in [0.05, 0.1) is 0 Å². The van der Waals surface area contributed by atoms with Crippen LogP contribution in [0, 0.1) is 6.92 Å². The van der Waals surface area contributed by atoms with Gasteiger partial charge < -0.3 is 20.3 Å². The Labute approximate surface area is 147 Å². The van der Waals surface area contributed by atoms with E-state index in [4.69, 9.17) is 4.74 Å². The van der Waals surface area contributed by atoms with Crippen LogP contribution < -0.4 is 15.4 Å². The third-order valence-corrected chi connectivity index (χ3v) is 3.36. The van der Waals surface area contributed by atoms with Crippen LogP contribution in [0.4, 0.5) is 13.2 Å². The Morgan fingerprint density at radius 2 is 1.96 bits per heavy atom. The molecule has 0 atom stereocenters. The smallest absolute Gasteiger partial charge is 0.422 e. The molecule has 25 heavy (non-hydrogen) atoms. The molecule has 0 fully saturated rings. The SMILES string of the molecule is CN=C(NCCCN(C)C)NCc1ccc(C)cc1OCC(F)(F)F. The van der Waals surface area contributed by atoms with E-state index >= 15 is 0 Å². The molecule has 0 saturated carbocycles. The Morgan fingerprint density at radius 1 is 1.24 bits per heavy atom. The average molecular weight is 360 g/mol. The zero-order valence-corrected chi connectivity index (χ0v) is 15.2. The van der Waals surface area contributed by atoms with Gasteiger partial charge in [-0.15, -0.1) is 0 Å². The van der Waals surface area contributed by atoms with Gasteiger partial charge in [0.2, 0.25) is 0 Å². The van der Waals surface area contributed by atoms with Gasteiger partial charge in [0.1, 0.15) is 5.75 Å². The molecule has 1 rings (SSSR count). The topological polar surface area (TPSA) is 48.9 Å². The third-order valence-electron chi connectivity index (χ3n) is 3.36. The number of aryl methyl sites for hydroxylation is 1. The molecule has 0 aromatic heterocycles. The van der Waals surface area contributed by atoms with Crippen molar-refractivity contribution in [3.05, 3.63) is 29.3 Å². The van der Waals surface area contributed by atoms with Gasteiger partial charge in [0, 0.05) is 25.7 Å². The number of benzene rings is 1. The Morgan fingerprint density at radius 3 is 2.56 bits per heavy atom. The van der Waals surface area contributed by atoms with Crippen molar-refractivity contribution in [3.8, 4) is 5.75 Å². The Hall–Kier alpha value is -1.96. The molecule has 8 heteroatoms. The van der Waals surface area contributed by atoms with Gasteiger partial charge in [-0.1, -0.05) is 12.1 Å². The minimum atomic E-state index is -4.36. The van der Waals surface area contributed by atoms with Crippen molar-refractivity contribution in [3.63, 3.8) is 0 Å². The monoisotopic (exact) mass is 360 g/mol. The molecule has 142 valence electrons. The van der Waals surface area contributed by atoms with Crippen molar-refractivity contribution >= 4 is 5.96 Å². The number of nitrogens with one attached hydrogen (secondary N) is 2. The largest absolute Gasteiger partial charge is 0.484 e. The van der Waals surface area contributed by atoms with Crippen molar-refractivity contribution < 1.29 is 17.9 Å². The number of hydrogen-bond donors (Lipinski definition) is 2. The van der Waals surface area contributed by atoms with Crippen molar-refractivity contribution in [1.82, 2.24) is 15.5 Å². The summed E-state index contributed by atoms with van der Waals surface area (Å²) in [6.45, 7) is 2.53. The summed E-state index contributed by atoms with van der Waals surface area (Å²) in [5.74, 6) is 0.828. The highest BCUT2D eigenvalue weighted by atomic mass is 19.4. The van der Waals surface area contributed by atoms with Crippen LogP contribution in [-0.4, -0.2) is 57.9 Å². The van der Waals surface area contributed by atoms with Gasteiger partial charge in [-0.3, -0.25) is 4.99 Å². The molecule has 0 aliphatic heterocycles. The predicted octanol–water partition coefficient (Wildman–Crippen LogP) is 2.55. The highest BCUT2D eigenvalue weighted by Gasteiger charge is 2.28. The second-order valence-corrected chi connectivity index (χ2v) is 6.02. The summed E-state index contributed by atoms with van der Waals surface area (Å²) in [7, 11) is 5.66. The highest BCUT2D eigenvalue weighted by Crippen LogP contribution is 2.23. The summed E-state index contributed by atoms with van der Waals surface area (Å²) >= 11 is 0. The molecule has 0 aliphatic rings. The van der Waals surface area contributed by atoms with E-state index in [0.29, 0.717) is 18.1 Å². The molecule has 0 saturated heterocycles. The maximum atomic E-state index is 12.4. The van der Waals surface area contributed by atoms with E-state index in [1.807, 2.05) is 27.1 Å². The normalized spacial score (nSPS) is 12.4. The second-order valence-electron chi connectivity index (χ2n) is 6.02. The summed E-state index contributed by atoms with van der Waals surface area (Å²) in [4.78, 5) is 6.20. The maximum absolute atomic E-state index is 12.4. The molecular formula is C17H27F3N4O. The molecule has 0 amide bonds. The van der Waals surface area contributed by atoms with Gasteiger partial charge >= 0.3 is 6.18 Å². The standard InChI is InChI=1S/C17H27F3N4O/c1-13-6-7-14(15(10-13)25-12-17(18,19)20)11-23-16(21-2)22-8-5-9-24(3)4/h6-7,10H,5,8-9,11-12H2,1-4H3,(H2,21,22,23). The van der Waals surface area contributed by atoms with Gasteiger partial charge in [0.15, 0.2) is 12.6 Å². The van der Waals surface area contributed by atoms with Crippen LogP contribution in [0.2, 0.25) is 0 Å². The summed E-state index contributed by atoms with van der Waals surface area (Å²) in [6.07, 6.45) is -3.41. The summed E-state index contributed by atoms with van der Waals surface area (Å²) in [5.41, 5.74) is 1.48. The highest BCUT2D eigenvalue weighted by molar-refractivity contribution is 5.79. The van der Waals surface area contributed by atoms with Crippen molar-refractivity contribution in [1.29, 1.82) is 0 Å². The van der Waals surface area contributed by atoms with E-state index < -0.39 is 12.8 Å². The molecule has 0 aliphatic carbocycles. The number of alkyl halides is 3. The number of hydrogen-bond acceptors (Lipinski definition) is 3. The van der Waals surface area contributed by atoms with Crippen molar-refractivity contribution in [2.24, 2.45) is 4.99 Å². The fraction of sp³-hybridized carbons (Fsp3) is 0.588. The molecule has 2 N–H and O–H groups in total. The Balaban J connectivity index is 2.59. The zero-order chi connectivity index (χ0) is 18.9. The van der Waals surface area contributed by atoms with Crippen LogP contribution in [0.3, 0.4) is 0 Å². The number of nitrogens with zero attached hydrogens (tertiary/aromatic N) is 2. The molecule has 1 aromatic rings. The van der Waals surface area contributed by atoms with Gasteiger partial charge in [-0.05, 0) is 45.6 Å². The number of aliphatic imine (C=N–C) groups is 1. The van der Waals surface area contributed by atoms with Crippen LogP contribution in [-0.2, 0) is 6.54 Å². The van der Waals surface area contributed by atoms with E-state index in [-0.39, 0.29) is 5.75 Å². The Kier molecular flexibility index (Phi) is 8.54. The van der Waals surface area contributed by atoms with Crippen LogP contribution in [0.25, 0.3) is 0 Å².